The van der Waals surface area contributed by atoms with Crippen LogP contribution < -0.4 is 5.48 Å². The number of carbonyl (C=O) groups excluding carboxylic acids is 2. The van der Waals surface area contributed by atoms with Crippen molar-refractivity contribution in [1.29, 1.82) is 0 Å². The molecule has 6 heteroatoms. The van der Waals surface area contributed by atoms with Gasteiger partial charge in [-0.05, 0) is 19.8 Å². The number of ether oxygens (including phenoxy) is 1. The first-order valence-electron chi connectivity index (χ1n) is 5.82. The highest BCUT2D eigenvalue weighted by Crippen LogP contribution is 2.19. The molecule has 0 saturated heterocycles. The van der Waals surface area contributed by atoms with Crippen molar-refractivity contribution in [1.82, 2.24) is 5.48 Å². The van der Waals surface area contributed by atoms with Crippen molar-refractivity contribution in [3.63, 3.8) is 0 Å². The van der Waals surface area contributed by atoms with Crippen LogP contribution >= 0.6 is 11.6 Å². The van der Waals surface area contributed by atoms with Crippen molar-refractivity contribution in [3.8, 4) is 0 Å². The molecule has 0 aliphatic carbocycles. The van der Waals surface area contributed by atoms with Crippen molar-refractivity contribution < 1.29 is 19.2 Å². The van der Waals surface area contributed by atoms with E-state index in [9.17, 15) is 9.59 Å². The molecule has 1 aliphatic rings. The predicted octanol–water partition coefficient (Wildman–Crippen LogP) is 2.00. The topological polar surface area (TPSA) is 64.6 Å². The number of allylic oxidation sites excluding steroid dienone is 3. The van der Waals surface area contributed by atoms with Crippen LogP contribution in [0.25, 0.3) is 0 Å². The maximum Gasteiger partial charge on any atom is 0.349 e. The summed E-state index contributed by atoms with van der Waals surface area (Å²) in [7, 11) is 0. The molecule has 19 heavy (non-hydrogen) atoms. The third-order valence-electron chi connectivity index (χ3n) is 2.30. The molecule has 0 saturated carbocycles. The third-order valence-corrected chi connectivity index (χ3v) is 2.56. The van der Waals surface area contributed by atoms with E-state index in [1.54, 1.807) is 13.0 Å². The lowest BCUT2D eigenvalue weighted by molar-refractivity contribution is -0.137. The second-order valence-electron chi connectivity index (χ2n) is 3.86. The van der Waals surface area contributed by atoms with Gasteiger partial charge in [0.15, 0.2) is 5.78 Å². The van der Waals surface area contributed by atoms with Gasteiger partial charge in [0.05, 0.1) is 12.3 Å². The quantitative estimate of drug-likeness (QED) is 0.147. The number of alkyl halides is 1. The zero-order valence-electron chi connectivity index (χ0n) is 10.7. The lowest BCUT2D eigenvalue weighted by atomic mass is 10.0. The summed E-state index contributed by atoms with van der Waals surface area (Å²) in [6.45, 7) is 5.30. The van der Waals surface area contributed by atoms with E-state index in [4.69, 9.17) is 21.2 Å². The number of rotatable bonds is 7. The molecule has 0 radical (unpaired) electrons. The van der Waals surface area contributed by atoms with Crippen LogP contribution in [0.2, 0.25) is 0 Å². The predicted molar refractivity (Wildman–Crippen MR) is 71.1 cm³/mol. The number of hydrogen-bond donors (Lipinski definition) is 1. The number of hydrogen-bond acceptors (Lipinski definition) is 5. The number of ketones is 1. The molecule has 1 aliphatic heterocycles. The van der Waals surface area contributed by atoms with E-state index in [0.717, 1.165) is 0 Å². The van der Waals surface area contributed by atoms with Crippen LogP contribution in [0.15, 0.2) is 35.8 Å². The molecule has 1 rings (SSSR count). The average Bonchev–Trinajstić information content (AvgIpc) is 2.34. The highest BCUT2D eigenvalue weighted by Gasteiger charge is 2.28. The average molecular weight is 286 g/mol. The summed E-state index contributed by atoms with van der Waals surface area (Å²) in [6, 6.07) is 0. The monoisotopic (exact) mass is 285 g/mol. The minimum Gasteiger partial charge on any atom is -0.427 e. The minimum absolute atomic E-state index is 0.0419. The van der Waals surface area contributed by atoms with Crippen LogP contribution in [0.5, 0.6) is 0 Å². The summed E-state index contributed by atoms with van der Waals surface area (Å²) in [5.41, 5.74) is 2.93. The number of esters is 1. The van der Waals surface area contributed by atoms with Gasteiger partial charge in [-0.15, -0.1) is 18.2 Å². The Morgan fingerprint density at radius 3 is 2.89 bits per heavy atom. The van der Waals surface area contributed by atoms with Gasteiger partial charge in [0.25, 0.3) is 0 Å². The minimum atomic E-state index is -0.677. The molecular weight excluding hydrogens is 270 g/mol. The van der Waals surface area contributed by atoms with E-state index < -0.39 is 11.8 Å². The molecule has 0 atom stereocenters. The Bertz CT molecular complexity index is 440. The van der Waals surface area contributed by atoms with Crippen molar-refractivity contribution >= 4 is 23.4 Å². The highest BCUT2D eigenvalue weighted by molar-refractivity contribution is 6.24. The summed E-state index contributed by atoms with van der Waals surface area (Å²) < 4.78 is 4.93. The molecule has 5 nitrogen and oxygen atoms in total. The number of halogens is 1. The first-order valence-corrected chi connectivity index (χ1v) is 6.36. The van der Waals surface area contributed by atoms with Gasteiger partial charge in [0, 0.05) is 12.0 Å². The molecule has 0 fully saturated rings. The second-order valence-corrected chi connectivity index (χ2v) is 4.23. The van der Waals surface area contributed by atoms with Crippen LogP contribution in [-0.4, -0.2) is 24.2 Å². The van der Waals surface area contributed by atoms with Gasteiger partial charge < -0.3 is 4.74 Å². The molecule has 1 N–H and O–H groups in total. The Kier molecular flexibility index (Phi) is 6.32. The second kappa shape index (κ2) is 7.76. The van der Waals surface area contributed by atoms with Crippen molar-refractivity contribution in [3.05, 3.63) is 35.8 Å². The summed E-state index contributed by atoms with van der Waals surface area (Å²) in [6.07, 6.45) is 3.84. The smallest absolute Gasteiger partial charge is 0.349 e. The van der Waals surface area contributed by atoms with Crippen LogP contribution in [0, 0.1) is 0 Å². The van der Waals surface area contributed by atoms with Gasteiger partial charge in [0.1, 0.15) is 11.3 Å². The fraction of sp³-hybridized carbons (Fsp3) is 0.385. The lowest BCUT2D eigenvalue weighted by Crippen LogP contribution is -2.27. The first kappa shape index (κ1) is 15.5. The molecule has 0 aromatic heterocycles. The molecule has 1 heterocycles. The van der Waals surface area contributed by atoms with Crippen LogP contribution in [0.1, 0.15) is 19.8 Å². The van der Waals surface area contributed by atoms with Gasteiger partial charge in [-0.3, -0.25) is 15.1 Å². The maximum atomic E-state index is 11.9. The van der Waals surface area contributed by atoms with E-state index in [-0.39, 0.29) is 17.9 Å². The molecule has 0 aromatic rings. The number of cyclic esters (lactones) is 1. The Labute approximate surface area is 116 Å². The Balaban J connectivity index is 2.96. The zero-order chi connectivity index (χ0) is 14.3. The number of carbonyl (C=O) groups is 2. The number of hydroxylamine groups is 1. The zero-order valence-corrected chi connectivity index (χ0v) is 11.5. The van der Waals surface area contributed by atoms with Gasteiger partial charge >= 0.3 is 5.97 Å². The SMILES string of the molecule is C=CCONC(CCCCl)=C1C(=O)C=C(C)OC1=O. The van der Waals surface area contributed by atoms with E-state index in [2.05, 4.69) is 12.1 Å². The fourth-order valence-corrected chi connectivity index (χ4v) is 1.65. The molecule has 0 bridgehead atoms. The van der Waals surface area contributed by atoms with E-state index in [1.165, 1.54) is 6.08 Å². The summed E-state index contributed by atoms with van der Waals surface area (Å²) in [4.78, 5) is 28.7. The van der Waals surface area contributed by atoms with Gasteiger partial charge in [-0.1, -0.05) is 6.08 Å². The molecule has 0 unspecified atom stereocenters. The molecule has 0 spiro atoms. The van der Waals surface area contributed by atoms with Crippen LogP contribution in [-0.2, 0) is 19.2 Å². The van der Waals surface area contributed by atoms with Gasteiger partial charge in [-0.2, -0.15) is 0 Å². The normalized spacial score (nSPS) is 17.7. The Morgan fingerprint density at radius 1 is 1.58 bits per heavy atom. The molecular formula is C13H16ClNO4. The van der Waals surface area contributed by atoms with Crippen LogP contribution in [0.3, 0.4) is 0 Å². The van der Waals surface area contributed by atoms with Gasteiger partial charge in [0.2, 0.25) is 0 Å². The largest absolute Gasteiger partial charge is 0.427 e. The molecule has 0 aromatic carbocycles. The summed E-state index contributed by atoms with van der Waals surface area (Å²) in [5.74, 6) is -0.377. The summed E-state index contributed by atoms with van der Waals surface area (Å²) >= 11 is 5.62. The molecule has 0 amide bonds. The Morgan fingerprint density at radius 2 is 2.32 bits per heavy atom. The van der Waals surface area contributed by atoms with Crippen molar-refractivity contribution in [2.75, 3.05) is 12.5 Å². The van der Waals surface area contributed by atoms with E-state index in [0.29, 0.717) is 24.4 Å². The lowest BCUT2D eigenvalue weighted by Gasteiger charge is -2.17. The van der Waals surface area contributed by atoms with Crippen molar-refractivity contribution in [2.45, 2.75) is 19.8 Å². The third kappa shape index (κ3) is 4.54. The van der Waals surface area contributed by atoms with Gasteiger partial charge in [-0.25, -0.2) is 4.79 Å². The summed E-state index contributed by atoms with van der Waals surface area (Å²) in [5, 5.41) is 0. The highest BCUT2D eigenvalue weighted by atomic mass is 35.5. The fourth-order valence-electron chi connectivity index (χ4n) is 1.51. The van der Waals surface area contributed by atoms with E-state index >= 15 is 0 Å². The maximum absolute atomic E-state index is 11.9. The molecule has 104 valence electrons. The first-order chi connectivity index (χ1) is 9.10. The van der Waals surface area contributed by atoms with Crippen molar-refractivity contribution in [2.24, 2.45) is 0 Å². The Hall–Kier alpha value is -1.59. The standard InChI is InChI=1S/C13H16ClNO4/c1-3-7-18-15-10(5-4-6-14)12-11(16)8-9(2)19-13(12)17/h3,8,15H,1,4-7H2,2H3. The van der Waals surface area contributed by atoms with Crippen LogP contribution in [0.4, 0.5) is 0 Å². The van der Waals surface area contributed by atoms with E-state index in [1.807, 2.05) is 0 Å². The number of nitrogens with one attached hydrogen (secondary N) is 1.